The zero-order valence-electron chi connectivity index (χ0n) is 18.4. The summed E-state index contributed by atoms with van der Waals surface area (Å²) in [5.74, 6) is -0.271. The summed E-state index contributed by atoms with van der Waals surface area (Å²) >= 11 is 5.92. The fourth-order valence-corrected chi connectivity index (χ4v) is 4.90. The van der Waals surface area contributed by atoms with Gasteiger partial charge in [-0.05, 0) is 50.2 Å². The normalized spacial score (nSPS) is 21.8. The monoisotopic (exact) mass is 471 g/mol. The van der Waals surface area contributed by atoms with E-state index in [1.54, 1.807) is 18.5 Å². The van der Waals surface area contributed by atoms with Crippen LogP contribution < -0.4 is 10.2 Å². The number of nitrogens with one attached hydrogen (secondary N) is 1. The highest BCUT2D eigenvalue weighted by molar-refractivity contribution is 6.30. The number of halogens is 2. The van der Waals surface area contributed by atoms with Crippen LogP contribution in [0.5, 0.6) is 0 Å². The Morgan fingerprint density at radius 2 is 2.12 bits per heavy atom. The number of aromatic nitrogens is 2. The van der Waals surface area contributed by atoms with Crippen LogP contribution in [0.3, 0.4) is 0 Å². The second-order valence-electron chi connectivity index (χ2n) is 8.78. The molecule has 7 nitrogen and oxygen atoms in total. The molecule has 0 aliphatic carbocycles. The van der Waals surface area contributed by atoms with Crippen molar-refractivity contribution in [2.24, 2.45) is 0 Å². The molecule has 5 rings (SSSR count). The molecule has 33 heavy (non-hydrogen) atoms. The summed E-state index contributed by atoms with van der Waals surface area (Å²) in [7, 11) is 0. The maximum Gasteiger partial charge on any atom is 0.240 e. The molecule has 2 unspecified atom stereocenters. The first-order valence-electron chi connectivity index (χ1n) is 11.3. The van der Waals surface area contributed by atoms with Gasteiger partial charge >= 0.3 is 0 Å². The number of aliphatic hydroxyl groups is 1. The Morgan fingerprint density at radius 3 is 2.82 bits per heavy atom. The molecule has 0 spiro atoms. The molecule has 3 aromatic rings. The van der Waals surface area contributed by atoms with Crippen LogP contribution in [0.2, 0.25) is 5.02 Å². The molecule has 2 saturated heterocycles. The molecule has 174 valence electrons. The number of benzene rings is 2. The summed E-state index contributed by atoms with van der Waals surface area (Å²) in [6.45, 7) is 4.51. The lowest BCUT2D eigenvalue weighted by atomic mass is 10.0. The fraction of sp³-hybridized carbons (Fsp3) is 0.417. The molecule has 2 aliphatic rings. The van der Waals surface area contributed by atoms with E-state index in [2.05, 4.69) is 15.2 Å². The van der Waals surface area contributed by atoms with Crippen LogP contribution in [0.1, 0.15) is 24.9 Å². The van der Waals surface area contributed by atoms with E-state index in [-0.39, 0.29) is 36.5 Å². The average Bonchev–Trinajstić information content (AvgIpc) is 3.20. The Balaban J connectivity index is 1.40. The van der Waals surface area contributed by atoms with Gasteiger partial charge in [0.15, 0.2) is 0 Å². The Labute approximate surface area is 196 Å². The van der Waals surface area contributed by atoms with Crippen LogP contribution in [0.4, 0.5) is 10.1 Å². The molecule has 0 bridgehead atoms. The van der Waals surface area contributed by atoms with Gasteiger partial charge in [0.25, 0.3) is 0 Å². The van der Waals surface area contributed by atoms with E-state index in [1.165, 1.54) is 6.07 Å². The number of piperazine rings is 1. The van der Waals surface area contributed by atoms with E-state index >= 15 is 0 Å². The Bertz CT molecular complexity index is 1180. The van der Waals surface area contributed by atoms with Gasteiger partial charge in [-0.2, -0.15) is 0 Å². The number of rotatable bonds is 5. The highest BCUT2D eigenvalue weighted by atomic mass is 35.5. The molecule has 3 atom stereocenters. The average molecular weight is 472 g/mol. The molecule has 0 radical (unpaired) electrons. The lowest BCUT2D eigenvalue weighted by molar-refractivity contribution is -0.139. The van der Waals surface area contributed by atoms with Gasteiger partial charge in [0, 0.05) is 35.9 Å². The van der Waals surface area contributed by atoms with Crippen LogP contribution in [0, 0.1) is 5.82 Å². The lowest BCUT2D eigenvalue weighted by Gasteiger charge is -2.44. The molecule has 1 aromatic heterocycles. The number of aliphatic hydroxyl groups excluding tert-OH is 1. The van der Waals surface area contributed by atoms with Crippen molar-refractivity contribution in [1.29, 1.82) is 0 Å². The van der Waals surface area contributed by atoms with E-state index < -0.39 is 0 Å². The third-order valence-electron chi connectivity index (χ3n) is 6.85. The van der Waals surface area contributed by atoms with Gasteiger partial charge in [0.2, 0.25) is 5.91 Å². The van der Waals surface area contributed by atoms with Crippen LogP contribution >= 0.6 is 11.6 Å². The quantitative estimate of drug-likeness (QED) is 0.598. The maximum absolute atomic E-state index is 14.5. The van der Waals surface area contributed by atoms with Crippen molar-refractivity contribution in [1.82, 2.24) is 19.8 Å². The predicted molar refractivity (Wildman–Crippen MR) is 126 cm³/mol. The minimum absolute atomic E-state index is 0.0762. The van der Waals surface area contributed by atoms with Crippen molar-refractivity contribution in [3.63, 3.8) is 0 Å². The standard InChI is InChI=1S/C24H27ClFN5O2/c1-15(19-4-2-16(25)10-20(19)26)31-14-28-21-5-3-17(11-23(21)31)29-8-9-30(18(12-29)13-32)24(33)22-6-7-27-22/h2-5,10-11,14-15,18,22,27,32H,6-9,12-13H2,1H3/t15?,18-,22?/m0/s1. The molecule has 2 aromatic carbocycles. The number of anilines is 1. The van der Waals surface area contributed by atoms with Crippen molar-refractivity contribution >= 4 is 34.2 Å². The van der Waals surface area contributed by atoms with Crippen LogP contribution in [0.15, 0.2) is 42.7 Å². The van der Waals surface area contributed by atoms with E-state index in [0.29, 0.717) is 30.2 Å². The molecule has 9 heteroatoms. The first kappa shape index (κ1) is 22.1. The molecule has 1 amide bonds. The number of nitrogens with zero attached hydrogens (tertiary/aromatic N) is 4. The zero-order valence-corrected chi connectivity index (χ0v) is 19.2. The Hall–Kier alpha value is -2.68. The highest BCUT2D eigenvalue weighted by Crippen LogP contribution is 2.30. The minimum atomic E-state index is -0.347. The summed E-state index contributed by atoms with van der Waals surface area (Å²) in [5.41, 5.74) is 3.25. The number of imidazole rings is 1. The molecular weight excluding hydrogens is 445 g/mol. The molecular formula is C24H27ClFN5O2. The zero-order chi connectivity index (χ0) is 23.1. The maximum atomic E-state index is 14.5. The first-order valence-corrected chi connectivity index (χ1v) is 11.6. The second kappa shape index (κ2) is 8.93. The van der Waals surface area contributed by atoms with Gasteiger partial charge in [-0.3, -0.25) is 4.79 Å². The summed E-state index contributed by atoms with van der Waals surface area (Å²) in [6.07, 6.45) is 2.58. The van der Waals surface area contributed by atoms with Gasteiger partial charge in [-0.1, -0.05) is 17.7 Å². The second-order valence-corrected chi connectivity index (χ2v) is 9.21. The first-order chi connectivity index (χ1) is 16.0. The molecule has 2 fully saturated rings. The Morgan fingerprint density at radius 1 is 1.30 bits per heavy atom. The van der Waals surface area contributed by atoms with Crippen LogP contribution in [-0.4, -0.2) is 70.3 Å². The number of hydrogen-bond donors (Lipinski definition) is 2. The van der Waals surface area contributed by atoms with Crippen molar-refractivity contribution in [2.75, 3.05) is 37.7 Å². The van der Waals surface area contributed by atoms with E-state index in [0.717, 1.165) is 29.7 Å². The fourth-order valence-electron chi connectivity index (χ4n) is 4.75. The molecule has 3 heterocycles. The van der Waals surface area contributed by atoms with Crippen LogP contribution in [0.25, 0.3) is 11.0 Å². The van der Waals surface area contributed by atoms with E-state index in [1.807, 2.05) is 34.6 Å². The smallest absolute Gasteiger partial charge is 0.240 e. The topological polar surface area (TPSA) is 73.6 Å². The number of amides is 1. The van der Waals surface area contributed by atoms with Gasteiger partial charge in [0.1, 0.15) is 5.82 Å². The molecule has 2 N–H and O–H groups in total. The van der Waals surface area contributed by atoms with E-state index in [4.69, 9.17) is 11.6 Å². The van der Waals surface area contributed by atoms with Crippen molar-refractivity contribution < 1.29 is 14.3 Å². The summed E-state index contributed by atoms with van der Waals surface area (Å²) in [6, 6.07) is 10.1. The van der Waals surface area contributed by atoms with Crippen molar-refractivity contribution in [2.45, 2.75) is 31.5 Å². The number of hydrogen-bond acceptors (Lipinski definition) is 5. The van der Waals surface area contributed by atoms with Gasteiger partial charge < -0.3 is 24.8 Å². The predicted octanol–water partition coefficient (Wildman–Crippen LogP) is 2.81. The summed E-state index contributed by atoms with van der Waals surface area (Å²) in [5, 5.41) is 13.5. The minimum Gasteiger partial charge on any atom is -0.394 e. The molecule has 0 saturated carbocycles. The number of carbonyl (C=O) groups is 1. The van der Waals surface area contributed by atoms with Crippen molar-refractivity contribution in [3.8, 4) is 0 Å². The highest BCUT2D eigenvalue weighted by Gasteiger charge is 2.36. The SMILES string of the molecule is CC(c1ccc(Cl)cc1F)n1cnc2ccc(N3CCN(C(=O)C4CCN4)[C@H](CO)C3)cc21. The largest absolute Gasteiger partial charge is 0.394 e. The lowest BCUT2D eigenvalue weighted by Crippen LogP contribution is -2.63. The van der Waals surface area contributed by atoms with Crippen molar-refractivity contribution in [3.05, 3.63) is 59.1 Å². The number of carbonyl (C=O) groups excluding carboxylic acids is 1. The van der Waals surface area contributed by atoms with E-state index in [9.17, 15) is 14.3 Å². The third kappa shape index (κ3) is 4.07. The Kier molecular flexibility index (Phi) is 5.99. The third-order valence-corrected chi connectivity index (χ3v) is 7.09. The summed E-state index contributed by atoms with van der Waals surface area (Å²) < 4.78 is 16.5. The van der Waals surface area contributed by atoms with Gasteiger partial charge in [0.05, 0.1) is 42.1 Å². The molecule has 2 aliphatic heterocycles. The van der Waals surface area contributed by atoms with Gasteiger partial charge in [-0.15, -0.1) is 0 Å². The number of fused-ring (bicyclic) bond motifs is 1. The van der Waals surface area contributed by atoms with Crippen LogP contribution in [-0.2, 0) is 4.79 Å². The van der Waals surface area contributed by atoms with Gasteiger partial charge in [-0.25, -0.2) is 9.37 Å². The summed E-state index contributed by atoms with van der Waals surface area (Å²) in [4.78, 5) is 21.2.